The molecule has 0 aromatic carbocycles. The Bertz CT molecular complexity index is 404. The molecular weight excluding hydrogens is 258 g/mol. The van der Waals surface area contributed by atoms with E-state index in [1.165, 1.54) is 30.9 Å². The molecule has 0 spiro atoms. The summed E-state index contributed by atoms with van der Waals surface area (Å²) in [5.74, 6) is 4.29. The molecule has 0 amide bonds. The number of nitrogens with one attached hydrogen (secondary N) is 1. The Balaban J connectivity index is 1.90. The van der Waals surface area contributed by atoms with Crippen LogP contribution in [0, 0.1) is 0 Å². The first-order valence-corrected chi connectivity index (χ1v) is 7.98. The average Bonchev–Trinajstić information content (AvgIpc) is 2.39. The predicted octanol–water partition coefficient (Wildman–Crippen LogP) is 1.64. The highest BCUT2D eigenvalue weighted by molar-refractivity contribution is 7.99. The molecule has 106 valence electrons. The molecule has 1 aromatic heterocycles. The van der Waals surface area contributed by atoms with Crippen molar-refractivity contribution in [2.45, 2.75) is 19.8 Å². The summed E-state index contributed by atoms with van der Waals surface area (Å²) in [6, 6.07) is 0. The van der Waals surface area contributed by atoms with Crippen LogP contribution in [-0.4, -0.2) is 52.6 Å². The molecule has 0 aliphatic carbocycles. The molecule has 3 N–H and O–H groups in total. The van der Waals surface area contributed by atoms with Gasteiger partial charge in [-0.25, -0.2) is 9.97 Å². The van der Waals surface area contributed by atoms with Crippen molar-refractivity contribution in [2.75, 3.05) is 48.7 Å². The van der Waals surface area contributed by atoms with Gasteiger partial charge >= 0.3 is 0 Å². The van der Waals surface area contributed by atoms with Gasteiger partial charge in [-0.05, 0) is 5.92 Å². The lowest BCUT2D eigenvalue weighted by Gasteiger charge is -2.26. The molecular formula is C13H23N5S. The first-order chi connectivity index (χ1) is 9.18. The molecule has 2 rings (SSSR count). The number of hydrogen-bond donors (Lipinski definition) is 2. The summed E-state index contributed by atoms with van der Waals surface area (Å²) in [4.78, 5) is 10.9. The Morgan fingerprint density at radius 1 is 1.37 bits per heavy atom. The van der Waals surface area contributed by atoms with Crippen molar-refractivity contribution in [2.24, 2.45) is 0 Å². The van der Waals surface area contributed by atoms with E-state index in [9.17, 15) is 0 Å². The summed E-state index contributed by atoms with van der Waals surface area (Å²) in [6.45, 7) is 8.57. The minimum absolute atomic E-state index is 0.329. The quantitative estimate of drug-likeness (QED) is 0.855. The number of nitrogens with zero attached hydrogens (tertiary/aromatic N) is 3. The second kappa shape index (κ2) is 6.96. The Hall–Kier alpha value is -1.01. The zero-order valence-corrected chi connectivity index (χ0v) is 12.5. The highest BCUT2D eigenvalue weighted by Gasteiger charge is 2.13. The third-order valence-electron chi connectivity index (χ3n) is 3.32. The van der Waals surface area contributed by atoms with Crippen LogP contribution in [0.4, 0.5) is 11.6 Å². The smallest absolute Gasteiger partial charge is 0.135 e. The molecule has 1 saturated heterocycles. The van der Waals surface area contributed by atoms with E-state index in [1.54, 1.807) is 0 Å². The van der Waals surface area contributed by atoms with E-state index in [1.807, 2.05) is 11.8 Å². The molecule has 0 radical (unpaired) electrons. The summed E-state index contributed by atoms with van der Waals surface area (Å²) in [7, 11) is 0. The third-order valence-corrected chi connectivity index (χ3v) is 4.26. The average molecular weight is 281 g/mol. The maximum absolute atomic E-state index is 5.93. The predicted molar refractivity (Wildman–Crippen MR) is 82.8 cm³/mol. The number of nitrogens with two attached hydrogens (primary N) is 1. The molecule has 19 heavy (non-hydrogen) atoms. The number of aromatic nitrogens is 2. The molecule has 2 heterocycles. The largest absolute Gasteiger partial charge is 0.383 e. The van der Waals surface area contributed by atoms with E-state index in [0.29, 0.717) is 11.7 Å². The zero-order chi connectivity index (χ0) is 13.7. The molecule has 0 saturated carbocycles. The Morgan fingerprint density at radius 3 is 2.79 bits per heavy atom. The molecule has 0 atom stereocenters. The van der Waals surface area contributed by atoms with E-state index in [2.05, 4.69) is 34.0 Å². The molecule has 6 heteroatoms. The summed E-state index contributed by atoms with van der Waals surface area (Å²) in [5.41, 5.74) is 6.96. The van der Waals surface area contributed by atoms with Crippen molar-refractivity contribution in [3.05, 3.63) is 11.9 Å². The molecule has 1 aliphatic heterocycles. The van der Waals surface area contributed by atoms with Crippen molar-refractivity contribution in [1.29, 1.82) is 0 Å². The highest BCUT2D eigenvalue weighted by Crippen LogP contribution is 2.25. The van der Waals surface area contributed by atoms with Crippen LogP contribution in [0.25, 0.3) is 0 Å². The summed E-state index contributed by atoms with van der Waals surface area (Å²) >= 11 is 2.04. The number of thioether (sulfide) groups is 1. The summed E-state index contributed by atoms with van der Waals surface area (Å²) in [6.07, 6.45) is 1.53. The van der Waals surface area contributed by atoms with Gasteiger partial charge in [0.05, 0.1) is 0 Å². The summed E-state index contributed by atoms with van der Waals surface area (Å²) < 4.78 is 0. The minimum atomic E-state index is 0.329. The lowest BCUT2D eigenvalue weighted by atomic mass is 10.0. The first kappa shape index (κ1) is 14.4. The Labute approximate surface area is 119 Å². The fourth-order valence-corrected chi connectivity index (χ4v) is 3.26. The fourth-order valence-electron chi connectivity index (χ4n) is 2.28. The topological polar surface area (TPSA) is 67.1 Å². The van der Waals surface area contributed by atoms with Crippen LogP contribution in [0.2, 0.25) is 0 Å². The van der Waals surface area contributed by atoms with Gasteiger partial charge in [0.15, 0.2) is 0 Å². The minimum Gasteiger partial charge on any atom is -0.383 e. The van der Waals surface area contributed by atoms with Gasteiger partial charge in [0.1, 0.15) is 18.0 Å². The van der Waals surface area contributed by atoms with Gasteiger partial charge in [0.25, 0.3) is 0 Å². The van der Waals surface area contributed by atoms with Crippen LogP contribution in [-0.2, 0) is 0 Å². The van der Waals surface area contributed by atoms with Crippen molar-refractivity contribution in [1.82, 2.24) is 14.9 Å². The van der Waals surface area contributed by atoms with Crippen LogP contribution < -0.4 is 11.1 Å². The second-order valence-corrected chi connectivity index (χ2v) is 6.28. The fraction of sp³-hybridized carbons (Fsp3) is 0.692. The third kappa shape index (κ3) is 3.98. The Morgan fingerprint density at radius 2 is 2.11 bits per heavy atom. The highest BCUT2D eigenvalue weighted by atomic mass is 32.2. The molecule has 1 aromatic rings. The maximum Gasteiger partial charge on any atom is 0.135 e. The monoisotopic (exact) mass is 281 g/mol. The maximum atomic E-state index is 5.93. The lowest BCUT2D eigenvalue weighted by molar-refractivity contribution is 0.314. The van der Waals surface area contributed by atoms with E-state index in [-0.39, 0.29) is 0 Å². The second-order valence-electron chi connectivity index (χ2n) is 5.06. The normalized spacial score (nSPS) is 16.8. The number of hydrogen-bond acceptors (Lipinski definition) is 6. The van der Waals surface area contributed by atoms with Crippen LogP contribution in [0.3, 0.4) is 0 Å². The van der Waals surface area contributed by atoms with Crippen LogP contribution in [0.1, 0.15) is 25.3 Å². The van der Waals surface area contributed by atoms with Gasteiger partial charge in [-0.2, -0.15) is 11.8 Å². The zero-order valence-electron chi connectivity index (χ0n) is 11.7. The lowest BCUT2D eigenvalue weighted by Crippen LogP contribution is -2.36. The van der Waals surface area contributed by atoms with Gasteiger partial charge in [0.2, 0.25) is 0 Å². The summed E-state index contributed by atoms with van der Waals surface area (Å²) in [5, 5.41) is 3.40. The van der Waals surface area contributed by atoms with Gasteiger partial charge in [-0.3, -0.25) is 4.90 Å². The van der Waals surface area contributed by atoms with E-state index >= 15 is 0 Å². The van der Waals surface area contributed by atoms with Crippen molar-refractivity contribution < 1.29 is 0 Å². The molecule has 5 nitrogen and oxygen atoms in total. The first-order valence-electron chi connectivity index (χ1n) is 6.83. The number of rotatable bonds is 5. The number of anilines is 2. The van der Waals surface area contributed by atoms with E-state index in [4.69, 9.17) is 5.73 Å². The standard InChI is InChI=1S/C13H23N5S/c1-10(2)11-12(14)16-9-17-13(11)15-3-4-18-5-7-19-8-6-18/h9-10H,3-8H2,1-2H3,(H3,14,15,16,17). The molecule has 1 fully saturated rings. The van der Waals surface area contributed by atoms with Gasteiger partial charge in [-0.1, -0.05) is 13.8 Å². The van der Waals surface area contributed by atoms with Crippen molar-refractivity contribution in [3.8, 4) is 0 Å². The SMILES string of the molecule is CC(C)c1c(N)ncnc1NCCN1CCSCC1. The Kier molecular flexibility index (Phi) is 5.27. The van der Waals surface area contributed by atoms with Crippen LogP contribution in [0.15, 0.2) is 6.33 Å². The molecule has 0 bridgehead atoms. The van der Waals surface area contributed by atoms with Crippen LogP contribution in [0.5, 0.6) is 0 Å². The van der Waals surface area contributed by atoms with Crippen molar-refractivity contribution in [3.63, 3.8) is 0 Å². The molecule has 0 unspecified atom stereocenters. The van der Waals surface area contributed by atoms with E-state index < -0.39 is 0 Å². The van der Waals surface area contributed by atoms with Crippen molar-refractivity contribution >= 4 is 23.4 Å². The number of nitrogen functional groups attached to an aromatic ring is 1. The van der Waals surface area contributed by atoms with Gasteiger partial charge in [-0.15, -0.1) is 0 Å². The van der Waals surface area contributed by atoms with Crippen LogP contribution >= 0.6 is 11.8 Å². The molecule has 1 aliphatic rings. The van der Waals surface area contributed by atoms with E-state index in [0.717, 1.165) is 24.5 Å². The van der Waals surface area contributed by atoms with Gasteiger partial charge < -0.3 is 11.1 Å². The van der Waals surface area contributed by atoms with Gasteiger partial charge in [0, 0.05) is 43.2 Å².